The van der Waals surface area contributed by atoms with Crippen molar-refractivity contribution in [1.82, 2.24) is 5.32 Å². The first-order valence-corrected chi connectivity index (χ1v) is 7.53. The predicted octanol–water partition coefficient (Wildman–Crippen LogP) is 2.00. The van der Waals surface area contributed by atoms with E-state index in [2.05, 4.69) is 5.32 Å². The maximum atomic E-state index is 12.4. The number of carbonyl (C=O) groups is 3. The van der Waals surface area contributed by atoms with Crippen molar-refractivity contribution in [2.75, 3.05) is 18.1 Å². The van der Waals surface area contributed by atoms with Crippen molar-refractivity contribution in [3.63, 3.8) is 0 Å². The van der Waals surface area contributed by atoms with E-state index in [1.54, 1.807) is 48.5 Å². The second-order valence-electron chi connectivity index (χ2n) is 5.32. The normalized spacial score (nSPS) is 13.0. The number of imide groups is 1. The van der Waals surface area contributed by atoms with Crippen molar-refractivity contribution in [3.8, 4) is 5.75 Å². The van der Waals surface area contributed by atoms with Crippen molar-refractivity contribution < 1.29 is 19.1 Å². The maximum absolute atomic E-state index is 12.4. The van der Waals surface area contributed by atoms with Gasteiger partial charge in [0.25, 0.3) is 11.8 Å². The van der Waals surface area contributed by atoms with Crippen LogP contribution in [0.5, 0.6) is 5.75 Å². The minimum absolute atomic E-state index is 0.112. The first kappa shape index (κ1) is 15.7. The number of hydrogen-bond acceptors (Lipinski definition) is 4. The number of fused-ring (bicyclic) bond motifs is 1. The predicted molar refractivity (Wildman–Crippen MR) is 88.2 cm³/mol. The van der Waals surface area contributed by atoms with Gasteiger partial charge in [0.05, 0.1) is 23.4 Å². The van der Waals surface area contributed by atoms with Crippen molar-refractivity contribution in [1.29, 1.82) is 0 Å². The van der Waals surface area contributed by atoms with Gasteiger partial charge in [-0.15, -0.1) is 0 Å². The molecule has 0 spiro atoms. The van der Waals surface area contributed by atoms with Crippen LogP contribution in [0.3, 0.4) is 0 Å². The summed E-state index contributed by atoms with van der Waals surface area (Å²) in [6, 6.07) is 13.5. The highest BCUT2D eigenvalue weighted by molar-refractivity contribution is 6.34. The first-order valence-electron chi connectivity index (χ1n) is 7.53. The zero-order chi connectivity index (χ0) is 17.1. The van der Waals surface area contributed by atoms with Gasteiger partial charge in [0.1, 0.15) is 12.4 Å². The Hall–Kier alpha value is -3.15. The van der Waals surface area contributed by atoms with E-state index >= 15 is 0 Å². The summed E-state index contributed by atoms with van der Waals surface area (Å²) in [6.07, 6.45) is 0. The molecule has 0 radical (unpaired) electrons. The lowest BCUT2D eigenvalue weighted by atomic mass is 10.1. The second-order valence-corrected chi connectivity index (χ2v) is 5.32. The molecule has 122 valence electrons. The Morgan fingerprint density at radius 3 is 2.12 bits per heavy atom. The minimum atomic E-state index is -0.324. The number of rotatable bonds is 5. The lowest BCUT2D eigenvalue weighted by Crippen LogP contribution is -2.29. The molecule has 24 heavy (non-hydrogen) atoms. The van der Waals surface area contributed by atoms with Crippen LogP contribution in [0.15, 0.2) is 48.5 Å². The molecule has 6 heteroatoms. The van der Waals surface area contributed by atoms with Crippen LogP contribution >= 0.6 is 0 Å². The Morgan fingerprint density at radius 2 is 1.58 bits per heavy atom. The Kier molecular flexibility index (Phi) is 4.29. The number of hydrogen-bond donors (Lipinski definition) is 1. The van der Waals surface area contributed by atoms with Crippen LogP contribution in [-0.4, -0.2) is 30.9 Å². The van der Waals surface area contributed by atoms with Crippen LogP contribution in [-0.2, 0) is 4.79 Å². The molecule has 0 saturated heterocycles. The van der Waals surface area contributed by atoms with E-state index in [9.17, 15) is 14.4 Å². The van der Waals surface area contributed by atoms with Gasteiger partial charge in [-0.3, -0.25) is 14.4 Å². The van der Waals surface area contributed by atoms with Gasteiger partial charge in [0.2, 0.25) is 5.91 Å². The molecule has 0 unspecified atom stereocenters. The number of anilines is 1. The SMILES string of the molecule is CC(=O)NCCOc1ccc(N2C(=O)c3ccccc3C2=O)cc1. The number of benzene rings is 2. The first-order chi connectivity index (χ1) is 11.6. The van der Waals surface area contributed by atoms with E-state index in [0.29, 0.717) is 35.7 Å². The van der Waals surface area contributed by atoms with Crippen molar-refractivity contribution in [2.24, 2.45) is 0 Å². The van der Waals surface area contributed by atoms with E-state index in [0.717, 1.165) is 4.90 Å². The highest BCUT2D eigenvalue weighted by atomic mass is 16.5. The molecule has 3 rings (SSSR count). The van der Waals surface area contributed by atoms with E-state index in [1.165, 1.54) is 6.92 Å². The second kappa shape index (κ2) is 6.54. The molecule has 6 nitrogen and oxygen atoms in total. The van der Waals surface area contributed by atoms with Gasteiger partial charge < -0.3 is 10.1 Å². The lowest BCUT2D eigenvalue weighted by Gasteiger charge is -2.14. The Morgan fingerprint density at radius 1 is 1.00 bits per heavy atom. The fraction of sp³-hybridized carbons (Fsp3) is 0.167. The van der Waals surface area contributed by atoms with Gasteiger partial charge in [0.15, 0.2) is 0 Å². The van der Waals surface area contributed by atoms with Crippen molar-refractivity contribution >= 4 is 23.4 Å². The van der Waals surface area contributed by atoms with Gasteiger partial charge >= 0.3 is 0 Å². The van der Waals surface area contributed by atoms with Crippen molar-refractivity contribution in [2.45, 2.75) is 6.92 Å². The Labute approximate surface area is 139 Å². The lowest BCUT2D eigenvalue weighted by molar-refractivity contribution is -0.119. The van der Waals surface area contributed by atoms with Gasteiger partial charge in [-0.25, -0.2) is 4.90 Å². The summed E-state index contributed by atoms with van der Waals surface area (Å²) in [5.74, 6) is -0.162. The van der Waals surface area contributed by atoms with Crippen LogP contribution in [0.4, 0.5) is 5.69 Å². The van der Waals surface area contributed by atoms with Crippen LogP contribution in [0.1, 0.15) is 27.6 Å². The van der Waals surface area contributed by atoms with Crippen LogP contribution < -0.4 is 15.0 Å². The molecule has 1 aliphatic rings. The van der Waals surface area contributed by atoms with Gasteiger partial charge in [-0.2, -0.15) is 0 Å². The molecule has 1 heterocycles. The topological polar surface area (TPSA) is 75.7 Å². The number of amides is 3. The van der Waals surface area contributed by atoms with Crippen LogP contribution in [0.25, 0.3) is 0 Å². The monoisotopic (exact) mass is 324 g/mol. The standard InChI is InChI=1S/C18H16N2O4/c1-12(21)19-10-11-24-14-8-6-13(7-9-14)20-17(22)15-4-2-3-5-16(15)18(20)23/h2-9H,10-11H2,1H3,(H,19,21). The third-order valence-corrected chi connectivity index (χ3v) is 3.63. The molecular weight excluding hydrogens is 308 g/mol. The fourth-order valence-corrected chi connectivity index (χ4v) is 2.51. The summed E-state index contributed by atoms with van der Waals surface area (Å²) in [5, 5.41) is 2.63. The van der Waals surface area contributed by atoms with Gasteiger partial charge in [-0.05, 0) is 36.4 Å². The van der Waals surface area contributed by atoms with E-state index in [4.69, 9.17) is 4.74 Å². The zero-order valence-corrected chi connectivity index (χ0v) is 13.1. The van der Waals surface area contributed by atoms with Gasteiger partial charge in [-0.1, -0.05) is 12.1 Å². The summed E-state index contributed by atoms with van der Waals surface area (Å²) in [5.41, 5.74) is 1.33. The third kappa shape index (κ3) is 2.99. The molecule has 1 N–H and O–H groups in total. The fourth-order valence-electron chi connectivity index (χ4n) is 2.51. The zero-order valence-electron chi connectivity index (χ0n) is 13.1. The van der Waals surface area contributed by atoms with Gasteiger partial charge in [0, 0.05) is 6.92 Å². The van der Waals surface area contributed by atoms with E-state index in [-0.39, 0.29) is 17.7 Å². The molecule has 0 fully saturated rings. The summed E-state index contributed by atoms with van der Waals surface area (Å²) >= 11 is 0. The van der Waals surface area contributed by atoms with E-state index in [1.807, 2.05) is 0 Å². The molecule has 0 saturated carbocycles. The average Bonchev–Trinajstić information content (AvgIpc) is 2.84. The van der Waals surface area contributed by atoms with Crippen molar-refractivity contribution in [3.05, 3.63) is 59.7 Å². The van der Waals surface area contributed by atoms with Crippen LogP contribution in [0, 0.1) is 0 Å². The Balaban J connectivity index is 1.69. The smallest absolute Gasteiger partial charge is 0.266 e. The number of nitrogens with zero attached hydrogens (tertiary/aromatic N) is 1. The molecule has 0 bridgehead atoms. The summed E-state index contributed by atoms with van der Waals surface area (Å²) in [7, 11) is 0. The largest absolute Gasteiger partial charge is 0.492 e. The molecule has 3 amide bonds. The summed E-state index contributed by atoms with van der Waals surface area (Å²) in [4.78, 5) is 36.7. The summed E-state index contributed by atoms with van der Waals surface area (Å²) in [6.45, 7) is 2.19. The third-order valence-electron chi connectivity index (χ3n) is 3.63. The van der Waals surface area contributed by atoms with Crippen LogP contribution in [0.2, 0.25) is 0 Å². The number of nitrogens with one attached hydrogen (secondary N) is 1. The molecule has 1 aliphatic heterocycles. The molecule has 2 aromatic rings. The summed E-state index contributed by atoms with van der Waals surface area (Å²) < 4.78 is 5.49. The molecule has 2 aromatic carbocycles. The minimum Gasteiger partial charge on any atom is -0.492 e. The highest BCUT2D eigenvalue weighted by Gasteiger charge is 2.36. The molecule has 0 atom stereocenters. The average molecular weight is 324 g/mol. The van der Waals surface area contributed by atoms with E-state index < -0.39 is 0 Å². The number of ether oxygens (including phenoxy) is 1. The number of carbonyl (C=O) groups excluding carboxylic acids is 3. The quantitative estimate of drug-likeness (QED) is 0.674. The highest BCUT2D eigenvalue weighted by Crippen LogP contribution is 2.29. The molecule has 0 aromatic heterocycles. The maximum Gasteiger partial charge on any atom is 0.266 e. The molecule has 0 aliphatic carbocycles. The Bertz CT molecular complexity index is 764. The molecular formula is C18H16N2O4.